The van der Waals surface area contributed by atoms with Crippen molar-refractivity contribution in [2.24, 2.45) is 5.92 Å². The molecule has 1 saturated heterocycles. The number of furan rings is 1. The number of rotatable bonds is 5. The minimum atomic E-state index is -3.07. The normalized spacial score (nSPS) is 24.9. The van der Waals surface area contributed by atoms with Crippen molar-refractivity contribution in [3.63, 3.8) is 0 Å². The van der Waals surface area contributed by atoms with Crippen molar-refractivity contribution < 1.29 is 12.8 Å². The maximum atomic E-state index is 11.6. The van der Waals surface area contributed by atoms with Crippen LogP contribution in [0.15, 0.2) is 16.7 Å². The Bertz CT molecular complexity index is 538. The van der Waals surface area contributed by atoms with E-state index in [-0.39, 0.29) is 0 Å². The highest BCUT2D eigenvalue weighted by Crippen LogP contribution is 2.22. The summed E-state index contributed by atoms with van der Waals surface area (Å²) in [5, 5.41) is 3.52. The van der Waals surface area contributed by atoms with Gasteiger partial charge in [0.1, 0.15) is 5.76 Å². The van der Waals surface area contributed by atoms with E-state index in [1.165, 1.54) is 6.26 Å². The van der Waals surface area contributed by atoms with Gasteiger partial charge in [0, 0.05) is 19.1 Å². The third-order valence-corrected chi connectivity index (χ3v) is 5.45. The van der Waals surface area contributed by atoms with Crippen LogP contribution in [0, 0.1) is 12.8 Å². The van der Waals surface area contributed by atoms with Gasteiger partial charge < -0.3 is 9.73 Å². The van der Waals surface area contributed by atoms with Gasteiger partial charge in [0.2, 0.25) is 10.0 Å². The largest absolute Gasteiger partial charge is 0.468 e. The van der Waals surface area contributed by atoms with Crippen molar-refractivity contribution in [2.45, 2.75) is 39.3 Å². The molecule has 1 aromatic heterocycles. The maximum Gasteiger partial charge on any atom is 0.211 e. The second-order valence-electron chi connectivity index (χ2n) is 5.59. The predicted molar refractivity (Wildman–Crippen MR) is 78.9 cm³/mol. The van der Waals surface area contributed by atoms with Crippen LogP contribution in [0.3, 0.4) is 0 Å². The van der Waals surface area contributed by atoms with E-state index in [0.29, 0.717) is 31.6 Å². The first-order valence-corrected chi connectivity index (χ1v) is 8.98. The molecule has 1 N–H and O–H groups in total. The molecule has 0 amide bonds. The van der Waals surface area contributed by atoms with E-state index < -0.39 is 10.0 Å². The molecule has 2 heterocycles. The fraction of sp³-hybridized carbons (Fsp3) is 0.714. The molecule has 1 aromatic rings. The molecular weight excluding hydrogens is 276 g/mol. The summed E-state index contributed by atoms with van der Waals surface area (Å²) in [4.78, 5) is 0. The highest BCUT2D eigenvalue weighted by molar-refractivity contribution is 7.88. The van der Waals surface area contributed by atoms with Gasteiger partial charge in [-0.15, -0.1) is 0 Å². The molecule has 5 nitrogen and oxygen atoms in total. The molecule has 6 heteroatoms. The Morgan fingerprint density at radius 3 is 2.80 bits per heavy atom. The third-order valence-electron chi connectivity index (χ3n) is 4.18. The van der Waals surface area contributed by atoms with E-state index in [2.05, 4.69) is 12.2 Å². The summed E-state index contributed by atoms with van der Waals surface area (Å²) in [7, 11) is -3.07. The molecule has 1 fully saturated rings. The summed E-state index contributed by atoms with van der Waals surface area (Å²) in [6.07, 6.45) is 4.82. The second kappa shape index (κ2) is 6.28. The highest BCUT2D eigenvalue weighted by atomic mass is 32.2. The summed E-state index contributed by atoms with van der Waals surface area (Å²) in [6.45, 7) is 6.07. The zero-order chi connectivity index (χ0) is 14.8. The number of aryl methyl sites for hydroxylation is 1. The Morgan fingerprint density at radius 2 is 2.25 bits per heavy atom. The Morgan fingerprint density at radius 1 is 1.50 bits per heavy atom. The van der Waals surface area contributed by atoms with Crippen LogP contribution in [0.4, 0.5) is 0 Å². The van der Waals surface area contributed by atoms with E-state index in [4.69, 9.17) is 4.42 Å². The molecule has 0 aliphatic carbocycles. The average molecular weight is 300 g/mol. The molecule has 0 spiro atoms. The van der Waals surface area contributed by atoms with Gasteiger partial charge in [0.05, 0.1) is 19.1 Å². The van der Waals surface area contributed by atoms with E-state index >= 15 is 0 Å². The van der Waals surface area contributed by atoms with E-state index in [9.17, 15) is 8.42 Å². The molecule has 20 heavy (non-hydrogen) atoms. The van der Waals surface area contributed by atoms with Crippen LogP contribution in [0.1, 0.15) is 31.1 Å². The Hall–Kier alpha value is -0.850. The lowest BCUT2D eigenvalue weighted by Crippen LogP contribution is -2.50. The lowest BCUT2D eigenvalue weighted by Gasteiger charge is -2.37. The second-order valence-corrected chi connectivity index (χ2v) is 7.57. The molecule has 2 unspecified atom stereocenters. The van der Waals surface area contributed by atoms with Crippen LogP contribution >= 0.6 is 0 Å². The average Bonchev–Trinajstić information content (AvgIpc) is 2.80. The fourth-order valence-electron chi connectivity index (χ4n) is 2.79. The minimum Gasteiger partial charge on any atom is -0.468 e. The molecular formula is C14H24N2O3S. The lowest BCUT2D eigenvalue weighted by atomic mass is 9.91. The Balaban J connectivity index is 1.94. The molecule has 1 aliphatic rings. The van der Waals surface area contributed by atoms with Crippen molar-refractivity contribution in [3.8, 4) is 0 Å². The monoisotopic (exact) mass is 300 g/mol. The van der Waals surface area contributed by atoms with Gasteiger partial charge in [-0.2, -0.15) is 0 Å². The number of nitrogens with zero attached hydrogens (tertiary/aromatic N) is 1. The van der Waals surface area contributed by atoms with Crippen LogP contribution in [0.2, 0.25) is 0 Å². The van der Waals surface area contributed by atoms with Crippen molar-refractivity contribution in [2.75, 3.05) is 19.3 Å². The quantitative estimate of drug-likeness (QED) is 0.899. The Kier molecular flexibility index (Phi) is 4.88. The first-order chi connectivity index (χ1) is 9.41. The van der Waals surface area contributed by atoms with Crippen molar-refractivity contribution in [1.29, 1.82) is 0 Å². The summed E-state index contributed by atoms with van der Waals surface area (Å²) < 4.78 is 30.3. The van der Waals surface area contributed by atoms with Gasteiger partial charge in [-0.25, -0.2) is 12.7 Å². The lowest BCUT2D eigenvalue weighted by molar-refractivity contribution is 0.199. The van der Waals surface area contributed by atoms with Gasteiger partial charge in [-0.05, 0) is 30.9 Å². The Labute approximate surface area is 121 Å². The maximum absolute atomic E-state index is 11.6. The smallest absolute Gasteiger partial charge is 0.211 e. The topological polar surface area (TPSA) is 62.6 Å². The summed E-state index contributed by atoms with van der Waals surface area (Å²) in [5.74, 6) is 1.32. The van der Waals surface area contributed by atoms with Gasteiger partial charge in [0.15, 0.2) is 0 Å². The van der Waals surface area contributed by atoms with E-state index in [1.807, 2.05) is 13.0 Å². The standard InChI is InChI=1S/C14H24N2O3S/c1-4-12-10-16(20(3,17)18)7-5-13(12)15-9-14-11(2)6-8-19-14/h6,8,12-13,15H,4-5,7,9-10H2,1-3H3. The molecule has 114 valence electrons. The van der Waals surface area contributed by atoms with Crippen LogP contribution < -0.4 is 5.32 Å². The van der Waals surface area contributed by atoms with E-state index in [0.717, 1.165) is 24.2 Å². The van der Waals surface area contributed by atoms with Crippen molar-refractivity contribution >= 4 is 10.0 Å². The first kappa shape index (κ1) is 15.5. The summed E-state index contributed by atoms with van der Waals surface area (Å²) in [5.41, 5.74) is 1.15. The third kappa shape index (κ3) is 3.62. The van der Waals surface area contributed by atoms with Gasteiger partial charge >= 0.3 is 0 Å². The predicted octanol–water partition coefficient (Wildman–Crippen LogP) is 1.74. The number of piperidine rings is 1. The number of hydrogen-bond donors (Lipinski definition) is 1. The molecule has 1 aliphatic heterocycles. The fourth-order valence-corrected chi connectivity index (χ4v) is 3.69. The zero-order valence-electron chi connectivity index (χ0n) is 12.4. The summed E-state index contributed by atoms with van der Waals surface area (Å²) >= 11 is 0. The molecule has 2 rings (SSSR count). The van der Waals surface area contributed by atoms with Crippen molar-refractivity contribution in [3.05, 3.63) is 23.7 Å². The molecule has 0 radical (unpaired) electrons. The van der Waals surface area contributed by atoms with Crippen LogP contribution in [-0.2, 0) is 16.6 Å². The number of sulfonamides is 1. The number of hydrogen-bond acceptors (Lipinski definition) is 4. The van der Waals surface area contributed by atoms with Gasteiger partial charge in [0.25, 0.3) is 0 Å². The zero-order valence-corrected chi connectivity index (χ0v) is 13.2. The SMILES string of the molecule is CCC1CN(S(C)(=O)=O)CCC1NCc1occc1C. The molecule has 0 saturated carbocycles. The first-order valence-electron chi connectivity index (χ1n) is 7.13. The highest BCUT2D eigenvalue weighted by Gasteiger charge is 2.31. The van der Waals surface area contributed by atoms with Crippen LogP contribution in [-0.4, -0.2) is 38.1 Å². The number of nitrogens with one attached hydrogen (secondary N) is 1. The van der Waals surface area contributed by atoms with Gasteiger partial charge in [-0.3, -0.25) is 0 Å². The van der Waals surface area contributed by atoms with Gasteiger partial charge in [-0.1, -0.05) is 13.3 Å². The summed E-state index contributed by atoms with van der Waals surface area (Å²) in [6, 6.07) is 2.31. The minimum absolute atomic E-state index is 0.350. The molecule has 0 bridgehead atoms. The molecule has 0 aromatic carbocycles. The molecule has 2 atom stereocenters. The van der Waals surface area contributed by atoms with Crippen molar-refractivity contribution in [1.82, 2.24) is 9.62 Å². The van der Waals surface area contributed by atoms with Crippen LogP contribution in [0.25, 0.3) is 0 Å². The van der Waals surface area contributed by atoms with E-state index in [1.54, 1.807) is 10.6 Å². The van der Waals surface area contributed by atoms with Crippen LogP contribution in [0.5, 0.6) is 0 Å².